The minimum Gasteiger partial charge on any atom is -0.0533 e. The SMILES string of the molecule is C1CCCCC2CCCC3CCCC4CCCC5CCCC6CCCC7CCCCCCCCC7CCC6CCCC5CCC4CCCC3CCCC2CCCC1. The Morgan fingerprint density at radius 3 is 0.351 bits per heavy atom. The molecule has 0 radical (unpaired) electrons. The zero-order chi connectivity index (χ0) is 38.7. The average Bonchev–Trinajstić information content (AvgIpc) is 3.31. The van der Waals surface area contributed by atoms with Crippen LogP contribution in [0.2, 0.25) is 0 Å². The molecule has 57 heavy (non-hydrogen) atoms. The topological polar surface area (TPSA) is 0 Å². The Labute approximate surface area is 358 Å². The summed E-state index contributed by atoms with van der Waals surface area (Å²) in [5.74, 6) is 12.8. The van der Waals surface area contributed by atoms with Gasteiger partial charge in [-0.1, -0.05) is 263 Å². The Morgan fingerprint density at radius 1 is 0.0877 bits per heavy atom. The molecule has 0 heteroatoms. The standard InChI is InChI=1S/C57H102/c1-2-6-10-22-46-26-14-29-49-31-17-34-52-36-19-38-53-37-18-35-51-33-16-28-48-24-12-8-4-5-9-13-25-54(48)42-43-56(51)40-21-41-57(53)45-44-55(52)39-20-32-50(49)30-15-27-47(46)23-11-7-3-1/h46-57H,1-45H2. The third kappa shape index (κ3) is 14.8. The first-order chi connectivity index (χ1) is 28.3. The van der Waals surface area contributed by atoms with E-state index in [-0.39, 0.29) is 0 Å². The largest absolute Gasteiger partial charge is 0.0533 e. The lowest BCUT2D eigenvalue weighted by Crippen LogP contribution is -2.24. The van der Waals surface area contributed by atoms with Crippen molar-refractivity contribution in [3.05, 3.63) is 0 Å². The maximum absolute atomic E-state index is 1.61. The Kier molecular flexibility index (Phi) is 20.4. The van der Waals surface area contributed by atoms with Gasteiger partial charge >= 0.3 is 0 Å². The van der Waals surface area contributed by atoms with Gasteiger partial charge in [0.25, 0.3) is 0 Å². The van der Waals surface area contributed by atoms with Gasteiger partial charge in [0.2, 0.25) is 0 Å². The second-order valence-electron chi connectivity index (χ2n) is 23.5. The van der Waals surface area contributed by atoms with Gasteiger partial charge in [0, 0.05) is 0 Å². The Balaban J connectivity index is 0.922. The molecule has 0 amide bonds. The first-order valence-corrected chi connectivity index (χ1v) is 28.3. The van der Waals surface area contributed by atoms with Gasteiger partial charge in [0.1, 0.15) is 0 Å². The van der Waals surface area contributed by atoms with E-state index in [2.05, 4.69) is 0 Å². The summed E-state index contributed by atoms with van der Waals surface area (Å²) in [6.07, 6.45) is 70.7. The molecule has 0 nitrogen and oxygen atoms in total. The fourth-order valence-corrected chi connectivity index (χ4v) is 16.6. The molecule has 7 saturated carbocycles. The molecule has 0 saturated heterocycles. The molecule has 0 N–H and O–H groups in total. The van der Waals surface area contributed by atoms with E-state index in [0.717, 1.165) is 71.0 Å². The van der Waals surface area contributed by atoms with Gasteiger partial charge in [-0.3, -0.25) is 0 Å². The van der Waals surface area contributed by atoms with Gasteiger partial charge in [-0.2, -0.15) is 0 Å². The predicted octanol–water partition coefficient (Wildman–Crippen LogP) is 19.0. The highest BCUT2D eigenvalue weighted by Gasteiger charge is 2.34. The van der Waals surface area contributed by atoms with Crippen LogP contribution in [0.1, 0.15) is 289 Å². The molecule has 0 aromatic carbocycles. The molecule has 7 rings (SSSR count). The summed E-state index contributed by atoms with van der Waals surface area (Å²) in [5.41, 5.74) is 0. The Hall–Kier alpha value is 0. The van der Waals surface area contributed by atoms with E-state index in [0.29, 0.717) is 0 Å². The van der Waals surface area contributed by atoms with Crippen LogP contribution < -0.4 is 0 Å². The number of hydrogen-bond donors (Lipinski definition) is 0. The van der Waals surface area contributed by atoms with Gasteiger partial charge < -0.3 is 0 Å². The van der Waals surface area contributed by atoms with E-state index in [1.54, 1.807) is 231 Å². The molecule has 0 heterocycles. The molecule has 0 aliphatic heterocycles. The molecule has 0 aromatic rings. The predicted molar refractivity (Wildman–Crippen MR) is 250 cm³/mol. The molecule has 7 fully saturated rings. The van der Waals surface area contributed by atoms with Crippen molar-refractivity contribution in [1.29, 1.82) is 0 Å². The molecular formula is C57H102. The Bertz CT molecular complexity index is 1030. The monoisotopic (exact) mass is 787 g/mol. The van der Waals surface area contributed by atoms with Gasteiger partial charge in [0.15, 0.2) is 0 Å². The molecule has 7 aliphatic rings. The highest BCUT2D eigenvalue weighted by Crippen LogP contribution is 2.47. The molecule has 330 valence electrons. The molecule has 12 atom stereocenters. The minimum absolute atomic E-state index is 1.06. The van der Waals surface area contributed by atoms with Crippen LogP contribution in [0.5, 0.6) is 0 Å². The molecule has 0 bridgehead atoms. The zero-order valence-electron chi connectivity index (χ0n) is 38.7. The van der Waals surface area contributed by atoms with E-state index in [1.807, 2.05) is 0 Å². The van der Waals surface area contributed by atoms with Crippen LogP contribution in [0.4, 0.5) is 0 Å². The van der Waals surface area contributed by atoms with E-state index in [9.17, 15) is 0 Å². The molecule has 12 unspecified atom stereocenters. The van der Waals surface area contributed by atoms with Crippen molar-refractivity contribution in [3.63, 3.8) is 0 Å². The van der Waals surface area contributed by atoms with E-state index in [1.165, 1.54) is 57.8 Å². The summed E-state index contributed by atoms with van der Waals surface area (Å²) in [5, 5.41) is 0. The first kappa shape index (κ1) is 45.0. The van der Waals surface area contributed by atoms with Crippen LogP contribution in [0, 0.1) is 71.0 Å². The van der Waals surface area contributed by atoms with Gasteiger partial charge in [-0.05, 0) is 96.7 Å². The van der Waals surface area contributed by atoms with Crippen molar-refractivity contribution in [3.8, 4) is 0 Å². The lowest BCUT2D eigenvalue weighted by Gasteiger charge is -2.36. The normalized spacial score (nSPS) is 41.7. The van der Waals surface area contributed by atoms with Crippen molar-refractivity contribution in [2.24, 2.45) is 71.0 Å². The van der Waals surface area contributed by atoms with Crippen LogP contribution in [0.3, 0.4) is 0 Å². The van der Waals surface area contributed by atoms with Gasteiger partial charge in [-0.25, -0.2) is 0 Å². The lowest BCUT2D eigenvalue weighted by atomic mass is 9.70. The van der Waals surface area contributed by atoms with Crippen molar-refractivity contribution in [2.75, 3.05) is 0 Å². The smallest absolute Gasteiger partial charge is 0.0386 e. The van der Waals surface area contributed by atoms with Crippen molar-refractivity contribution >= 4 is 0 Å². The highest BCUT2D eigenvalue weighted by molar-refractivity contribution is 4.86. The summed E-state index contributed by atoms with van der Waals surface area (Å²) in [6.45, 7) is 0. The quantitative estimate of drug-likeness (QED) is 0.229. The highest BCUT2D eigenvalue weighted by atomic mass is 14.4. The third-order valence-corrected chi connectivity index (χ3v) is 20.1. The molecule has 7 aliphatic carbocycles. The summed E-state index contributed by atoms with van der Waals surface area (Å²) in [4.78, 5) is 0. The Morgan fingerprint density at radius 2 is 0.193 bits per heavy atom. The summed E-state index contributed by atoms with van der Waals surface area (Å²) < 4.78 is 0. The molecule has 0 spiro atoms. The summed E-state index contributed by atoms with van der Waals surface area (Å²) in [6, 6.07) is 0. The maximum Gasteiger partial charge on any atom is -0.0386 e. The van der Waals surface area contributed by atoms with Crippen molar-refractivity contribution in [1.82, 2.24) is 0 Å². The second kappa shape index (κ2) is 25.8. The van der Waals surface area contributed by atoms with E-state index >= 15 is 0 Å². The lowest BCUT2D eigenvalue weighted by molar-refractivity contribution is 0.158. The van der Waals surface area contributed by atoms with Gasteiger partial charge in [-0.15, -0.1) is 0 Å². The second-order valence-corrected chi connectivity index (χ2v) is 23.5. The van der Waals surface area contributed by atoms with Crippen molar-refractivity contribution in [2.45, 2.75) is 289 Å². The number of rotatable bonds is 0. The fraction of sp³-hybridized carbons (Fsp3) is 1.00. The molecular weight excluding hydrogens is 685 g/mol. The van der Waals surface area contributed by atoms with Gasteiger partial charge in [0.05, 0.1) is 0 Å². The number of fused-ring (bicyclic) bond motifs is 6. The zero-order valence-corrected chi connectivity index (χ0v) is 38.7. The summed E-state index contributed by atoms with van der Waals surface area (Å²) in [7, 11) is 0. The van der Waals surface area contributed by atoms with Crippen LogP contribution in [0.25, 0.3) is 0 Å². The average molecular weight is 787 g/mol. The van der Waals surface area contributed by atoms with Crippen LogP contribution in [0.15, 0.2) is 0 Å². The third-order valence-electron chi connectivity index (χ3n) is 20.1. The van der Waals surface area contributed by atoms with Crippen LogP contribution in [-0.4, -0.2) is 0 Å². The molecule has 0 aromatic heterocycles. The van der Waals surface area contributed by atoms with Crippen LogP contribution in [-0.2, 0) is 0 Å². The fourth-order valence-electron chi connectivity index (χ4n) is 16.6. The maximum atomic E-state index is 1.61. The summed E-state index contributed by atoms with van der Waals surface area (Å²) >= 11 is 0. The van der Waals surface area contributed by atoms with Crippen molar-refractivity contribution < 1.29 is 0 Å². The van der Waals surface area contributed by atoms with Crippen LogP contribution >= 0.6 is 0 Å². The van der Waals surface area contributed by atoms with E-state index in [4.69, 9.17) is 0 Å². The minimum atomic E-state index is 1.06. The first-order valence-electron chi connectivity index (χ1n) is 28.3. The van der Waals surface area contributed by atoms with E-state index < -0.39 is 0 Å². The number of hydrogen-bond acceptors (Lipinski definition) is 0.